The molecule has 0 radical (unpaired) electrons. The standard InChI is InChI=1S/C9H12N6O/c1-5-3-7(13-12-5)11-9(16)8-6(10)4-15(2)14-8/h3-4H,10H2,1-2H3,(H2,11,12,13,16). The number of nitrogens with zero attached hydrogens (tertiary/aromatic N) is 3. The normalized spacial score (nSPS) is 10.4. The molecule has 0 saturated carbocycles. The Labute approximate surface area is 91.6 Å². The fraction of sp³-hybridized carbons (Fsp3) is 0.222. The smallest absolute Gasteiger partial charge is 0.279 e. The van der Waals surface area contributed by atoms with Gasteiger partial charge in [-0.25, -0.2) is 0 Å². The molecule has 0 spiro atoms. The minimum absolute atomic E-state index is 0.197. The van der Waals surface area contributed by atoms with Gasteiger partial charge in [-0.15, -0.1) is 0 Å². The number of hydrogen-bond acceptors (Lipinski definition) is 4. The zero-order chi connectivity index (χ0) is 11.7. The molecule has 0 unspecified atom stereocenters. The minimum atomic E-state index is -0.371. The number of carbonyl (C=O) groups is 1. The van der Waals surface area contributed by atoms with Gasteiger partial charge in [-0.05, 0) is 6.92 Å². The summed E-state index contributed by atoms with van der Waals surface area (Å²) < 4.78 is 1.49. The van der Waals surface area contributed by atoms with Crippen LogP contribution in [0.5, 0.6) is 0 Å². The SMILES string of the molecule is Cc1cc(NC(=O)c2nn(C)cc2N)n[nH]1. The molecule has 7 nitrogen and oxygen atoms in total. The number of anilines is 2. The van der Waals surface area contributed by atoms with Crippen molar-refractivity contribution in [3.63, 3.8) is 0 Å². The van der Waals surface area contributed by atoms with E-state index in [4.69, 9.17) is 5.73 Å². The van der Waals surface area contributed by atoms with E-state index >= 15 is 0 Å². The summed E-state index contributed by atoms with van der Waals surface area (Å²) in [4.78, 5) is 11.7. The summed E-state index contributed by atoms with van der Waals surface area (Å²) in [5.41, 5.74) is 7.03. The van der Waals surface area contributed by atoms with Crippen LogP contribution < -0.4 is 11.1 Å². The molecule has 16 heavy (non-hydrogen) atoms. The van der Waals surface area contributed by atoms with E-state index in [1.807, 2.05) is 6.92 Å². The van der Waals surface area contributed by atoms with Gasteiger partial charge >= 0.3 is 0 Å². The Morgan fingerprint density at radius 1 is 1.62 bits per heavy atom. The van der Waals surface area contributed by atoms with E-state index in [0.29, 0.717) is 11.5 Å². The number of aromatic nitrogens is 4. The number of rotatable bonds is 2. The molecule has 0 aromatic carbocycles. The van der Waals surface area contributed by atoms with Crippen LogP contribution in [0.25, 0.3) is 0 Å². The van der Waals surface area contributed by atoms with Crippen molar-refractivity contribution in [2.45, 2.75) is 6.92 Å². The molecule has 0 aliphatic carbocycles. The average molecular weight is 220 g/mol. The lowest BCUT2D eigenvalue weighted by atomic mass is 10.3. The Morgan fingerprint density at radius 2 is 2.38 bits per heavy atom. The maximum Gasteiger partial charge on any atom is 0.279 e. The zero-order valence-electron chi connectivity index (χ0n) is 8.98. The highest BCUT2D eigenvalue weighted by Gasteiger charge is 2.14. The predicted molar refractivity (Wildman–Crippen MR) is 58.9 cm³/mol. The highest BCUT2D eigenvalue weighted by molar-refractivity contribution is 6.05. The van der Waals surface area contributed by atoms with Gasteiger partial charge in [0.25, 0.3) is 5.91 Å². The van der Waals surface area contributed by atoms with E-state index in [0.717, 1.165) is 5.69 Å². The first-order valence-electron chi connectivity index (χ1n) is 4.69. The molecule has 2 rings (SSSR count). The summed E-state index contributed by atoms with van der Waals surface area (Å²) in [5, 5.41) is 13.2. The minimum Gasteiger partial charge on any atom is -0.396 e. The molecule has 0 bridgehead atoms. The zero-order valence-corrected chi connectivity index (χ0v) is 8.98. The van der Waals surface area contributed by atoms with Crippen LogP contribution in [0, 0.1) is 6.92 Å². The summed E-state index contributed by atoms with van der Waals surface area (Å²) in [6.07, 6.45) is 1.57. The van der Waals surface area contributed by atoms with Gasteiger partial charge in [-0.3, -0.25) is 14.6 Å². The van der Waals surface area contributed by atoms with Crippen LogP contribution in [0.1, 0.15) is 16.2 Å². The van der Waals surface area contributed by atoms with E-state index in [2.05, 4.69) is 20.6 Å². The molecule has 0 saturated heterocycles. The number of carbonyl (C=O) groups excluding carboxylic acids is 1. The van der Waals surface area contributed by atoms with Crippen molar-refractivity contribution in [2.75, 3.05) is 11.1 Å². The maximum absolute atomic E-state index is 11.7. The molecule has 2 heterocycles. The van der Waals surface area contributed by atoms with E-state index in [-0.39, 0.29) is 11.6 Å². The van der Waals surface area contributed by atoms with Crippen LogP contribution in [-0.2, 0) is 7.05 Å². The third kappa shape index (κ3) is 1.88. The van der Waals surface area contributed by atoms with Crippen molar-refractivity contribution in [3.05, 3.63) is 23.7 Å². The quantitative estimate of drug-likeness (QED) is 0.676. The number of amides is 1. The molecule has 1 amide bonds. The first-order valence-corrected chi connectivity index (χ1v) is 4.69. The molecule has 0 aliphatic rings. The Kier molecular flexibility index (Phi) is 2.35. The van der Waals surface area contributed by atoms with E-state index in [1.165, 1.54) is 4.68 Å². The lowest BCUT2D eigenvalue weighted by molar-refractivity contribution is 0.102. The largest absolute Gasteiger partial charge is 0.396 e. The Morgan fingerprint density at radius 3 is 2.88 bits per heavy atom. The van der Waals surface area contributed by atoms with Crippen molar-refractivity contribution < 1.29 is 4.79 Å². The number of H-pyrrole nitrogens is 1. The summed E-state index contributed by atoms with van der Waals surface area (Å²) in [6, 6.07) is 1.72. The highest BCUT2D eigenvalue weighted by Crippen LogP contribution is 2.11. The second kappa shape index (κ2) is 3.69. The van der Waals surface area contributed by atoms with Gasteiger partial charge in [0.05, 0.1) is 5.69 Å². The predicted octanol–water partition coefficient (Wildman–Crippen LogP) is 0.286. The van der Waals surface area contributed by atoms with E-state index < -0.39 is 0 Å². The molecule has 2 aromatic rings. The van der Waals surface area contributed by atoms with Gasteiger partial charge in [-0.2, -0.15) is 10.2 Å². The molecule has 2 aromatic heterocycles. The molecule has 0 atom stereocenters. The van der Waals surface area contributed by atoms with Gasteiger partial charge in [0.2, 0.25) is 0 Å². The Bertz CT molecular complexity index is 526. The monoisotopic (exact) mass is 220 g/mol. The van der Waals surface area contributed by atoms with Gasteiger partial charge in [0, 0.05) is 25.0 Å². The van der Waals surface area contributed by atoms with Crippen LogP contribution in [0.4, 0.5) is 11.5 Å². The van der Waals surface area contributed by atoms with Crippen molar-refractivity contribution >= 4 is 17.4 Å². The molecular formula is C9H12N6O. The van der Waals surface area contributed by atoms with Crippen molar-refractivity contribution in [3.8, 4) is 0 Å². The van der Waals surface area contributed by atoms with E-state index in [1.54, 1.807) is 19.3 Å². The number of nitrogen functional groups attached to an aromatic ring is 1. The summed E-state index contributed by atoms with van der Waals surface area (Å²) in [5.74, 6) is 0.0807. The average Bonchev–Trinajstić information content (AvgIpc) is 2.73. The van der Waals surface area contributed by atoms with Crippen LogP contribution in [0.3, 0.4) is 0 Å². The first kappa shape index (κ1) is 10.2. The van der Waals surface area contributed by atoms with E-state index in [9.17, 15) is 4.79 Å². The van der Waals surface area contributed by atoms with Crippen LogP contribution in [-0.4, -0.2) is 25.9 Å². The fourth-order valence-corrected chi connectivity index (χ4v) is 1.34. The van der Waals surface area contributed by atoms with Gasteiger partial charge in [-0.1, -0.05) is 0 Å². The highest BCUT2D eigenvalue weighted by atomic mass is 16.2. The molecule has 7 heteroatoms. The number of aryl methyl sites for hydroxylation is 2. The fourth-order valence-electron chi connectivity index (χ4n) is 1.34. The topological polar surface area (TPSA) is 102 Å². The number of hydrogen-bond donors (Lipinski definition) is 3. The van der Waals surface area contributed by atoms with Gasteiger partial charge < -0.3 is 11.1 Å². The molecule has 4 N–H and O–H groups in total. The van der Waals surface area contributed by atoms with Gasteiger partial charge in [0.1, 0.15) is 0 Å². The van der Waals surface area contributed by atoms with Crippen molar-refractivity contribution in [1.82, 2.24) is 20.0 Å². The number of nitrogens with two attached hydrogens (primary N) is 1. The summed E-state index contributed by atoms with van der Waals surface area (Å²) in [7, 11) is 1.70. The second-order valence-electron chi connectivity index (χ2n) is 3.50. The van der Waals surface area contributed by atoms with Crippen molar-refractivity contribution in [1.29, 1.82) is 0 Å². The lowest BCUT2D eigenvalue weighted by Gasteiger charge is -1.98. The van der Waals surface area contributed by atoms with Gasteiger partial charge in [0.15, 0.2) is 11.5 Å². The van der Waals surface area contributed by atoms with Crippen LogP contribution in [0.2, 0.25) is 0 Å². The third-order valence-corrected chi connectivity index (χ3v) is 2.02. The van der Waals surface area contributed by atoms with Crippen molar-refractivity contribution in [2.24, 2.45) is 7.05 Å². The lowest BCUT2D eigenvalue weighted by Crippen LogP contribution is -2.14. The van der Waals surface area contributed by atoms with Crippen LogP contribution in [0.15, 0.2) is 12.3 Å². The molecule has 0 aliphatic heterocycles. The second-order valence-corrected chi connectivity index (χ2v) is 3.50. The Hall–Kier alpha value is -2.31. The summed E-state index contributed by atoms with van der Waals surface area (Å²) >= 11 is 0. The molecule has 0 fully saturated rings. The maximum atomic E-state index is 11.7. The molecule has 84 valence electrons. The third-order valence-electron chi connectivity index (χ3n) is 2.02. The van der Waals surface area contributed by atoms with Crippen LogP contribution >= 0.6 is 0 Å². The number of aromatic amines is 1. The Balaban J connectivity index is 2.17. The molecular weight excluding hydrogens is 208 g/mol. The number of nitrogens with one attached hydrogen (secondary N) is 2. The first-order chi connectivity index (χ1) is 7.56. The summed E-state index contributed by atoms with van der Waals surface area (Å²) in [6.45, 7) is 1.85.